The maximum absolute atomic E-state index is 5.34. The first-order valence-corrected chi connectivity index (χ1v) is 7.36. The van der Waals surface area contributed by atoms with Gasteiger partial charge >= 0.3 is 0 Å². The zero-order valence-corrected chi connectivity index (χ0v) is 15.9. The van der Waals surface area contributed by atoms with E-state index in [0.29, 0.717) is 13.1 Å². The highest BCUT2D eigenvalue weighted by molar-refractivity contribution is 14.0. The lowest BCUT2D eigenvalue weighted by Crippen LogP contribution is -2.38. The van der Waals surface area contributed by atoms with Gasteiger partial charge in [-0.2, -0.15) is 0 Å². The molecule has 2 aromatic rings. The molecular formula is C17H24IN3O2. The highest BCUT2D eigenvalue weighted by Gasteiger charge is 2.09. The first-order chi connectivity index (χ1) is 10.7. The Bertz CT molecular complexity index is 605. The van der Waals surface area contributed by atoms with E-state index in [1.165, 1.54) is 0 Å². The van der Waals surface area contributed by atoms with Crippen LogP contribution in [0.2, 0.25) is 0 Å². The van der Waals surface area contributed by atoms with E-state index >= 15 is 0 Å². The summed E-state index contributed by atoms with van der Waals surface area (Å²) < 4.78 is 10.7. The summed E-state index contributed by atoms with van der Waals surface area (Å²) in [5, 5.41) is 3.28. The summed E-state index contributed by atoms with van der Waals surface area (Å²) in [4.78, 5) is 6.71. The smallest absolute Gasteiger partial charge is 0.194 e. The normalized spacial score (nSPS) is 11.0. The average molecular weight is 429 g/mol. The van der Waals surface area contributed by atoms with Crippen LogP contribution in [0.1, 0.15) is 17.1 Å². The second-order valence-electron chi connectivity index (χ2n) is 5.06. The first kappa shape index (κ1) is 19.3. The number of aliphatic imine (C=N–C) groups is 1. The van der Waals surface area contributed by atoms with Gasteiger partial charge in [0.15, 0.2) is 5.96 Å². The molecule has 0 amide bonds. The largest absolute Gasteiger partial charge is 0.469 e. The van der Waals surface area contributed by atoms with Crippen molar-refractivity contribution in [3.8, 4) is 0 Å². The maximum atomic E-state index is 5.34. The van der Waals surface area contributed by atoms with Crippen molar-refractivity contribution in [1.29, 1.82) is 0 Å². The van der Waals surface area contributed by atoms with Crippen LogP contribution in [0.25, 0.3) is 0 Å². The number of furan rings is 2. The maximum Gasteiger partial charge on any atom is 0.194 e. The quantitative estimate of drug-likeness (QED) is 0.316. The molecule has 0 saturated heterocycles. The van der Waals surface area contributed by atoms with Crippen molar-refractivity contribution in [1.82, 2.24) is 10.2 Å². The Morgan fingerprint density at radius 1 is 1.35 bits per heavy atom. The predicted molar refractivity (Wildman–Crippen MR) is 103 cm³/mol. The molecular weight excluding hydrogens is 405 g/mol. The molecule has 0 radical (unpaired) electrons. The molecule has 0 saturated carbocycles. The molecule has 2 aromatic heterocycles. The van der Waals surface area contributed by atoms with Crippen molar-refractivity contribution in [3.63, 3.8) is 0 Å². The minimum atomic E-state index is 0. The fourth-order valence-corrected chi connectivity index (χ4v) is 2.11. The Labute approximate surface area is 154 Å². The lowest BCUT2D eigenvalue weighted by atomic mass is 10.2. The number of rotatable bonds is 7. The van der Waals surface area contributed by atoms with Crippen molar-refractivity contribution in [2.24, 2.45) is 4.99 Å². The van der Waals surface area contributed by atoms with E-state index in [1.807, 2.05) is 38.2 Å². The monoisotopic (exact) mass is 429 g/mol. The first-order valence-electron chi connectivity index (χ1n) is 7.36. The van der Waals surface area contributed by atoms with Crippen LogP contribution in [0.15, 0.2) is 57.2 Å². The number of guanidine groups is 1. The number of halogens is 1. The molecule has 6 heteroatoms. The molecule has 0 aliphatic rings. The summed E-state index contributed by atoms with van der Waals surface area (Å²) in [6.45, 7) is 7.79. The van der Waals surface area contributed by atoms with E-state index in [-0.39, 0.29) is 24.0 Å². The molecule has 0 atom stereocenters. The molecule has 23 heavy (non-hydrogen) atoms. The third-order valence-corrected chi connectivity index (χ3v) is 3.34. The van der Waals surface area contributed by atoms with Gasteiger partial charge in [-0.15, -0.1) is 30.6 Å². The lowest BCUT2D eigenvalue weighted by Gasteiger charge is -2.21. The number of hydrogen-bond acceptors (Lipinski definition) is 3. The molecule has 0 aliphatic carbocycles. The van der Waals surface area contributed by atoms with Crippen molar-refractivity contribution in [2.75, 3.05) is 20.1 Å². The van der Waals surface area contributed by atoms with Crippen LogP contribution in [0.4, 0.5) is 0 Å². The van der Waals surface area contributed by atoms with Gasteiger partial charge in [0.1, 0.15) is 11.5 Å². The van der Waals surface area contributed by atoms with Gasteiger partial charge in [0.2, 0.25) is 0 Å². The summed E-state index contributed by atoms with van der Waals surface area (Å²) >= 11 is 0. The Kier molecular flexibility index (Phi) is 8.53. The van der Waals surface area contributed by atoms with Crippen molar-refractivity contribution in [2.45, 2.75) is 19.9 Å². The second kappa shape index (κ2) is 10.1. The molecule has 0 aliphatic heterocycles. The van der Waals surface area contributed by atoms with Gasteiger partial charge in [-0.1, -0.05) is 6.08 Å². The van der Waals surface area contributed by atoms with Crippen LogP contribution in [-0.2, 0) is 13.0 Å². The summed E-state index contributed by atoms with van der Waals surface area (Å²) in [7, 11) is 2.01. The molecule has 2 rings (SSSR count). The van der Waals surface area contributed by atoms with Gasteiger partial charge in [0.05, 0.1) is 12.5 Å². The number of nitrogens with one attached hydrogen (secondary N) is 1. The Morgan fingerprint density at radius 3 is 2.78 bits per heavy atom. The average Bonchev–Trinajstić information content (AvgIpc) is 3.15. The number of hydrogen-bond donors (Lipinski definition) is 1. The number of aryl methyl sites for hydroxylation is 1. The van der Waals surface area contributed by atoms with Crippen LogP contribution in [0.5, 0.6) is 0 Å². The summed E-state index contributed by atoms with van der Waals surface area (Å²) in [5.74, 6) is 2.72. The zero-order chi connectivity index (χ0) is 15.8. The lowest BCUT2D eigenvalue weighted by molar-refractivity contribution is 0.463. The van der Waals surface area contributed by atoms with Gasteiger partial charge in [-0.3, -0.25) is 4.99 Å². The zero-order valence-electron chi connectivity index (χ0n) is 13.6. The van der Waals surface area contributed by atoms with Gasteiger partial charge < -0.3 is 19.1 Å². The Balaban J connectivity index is 0.00000264. The topological polar surface area (TPSA) is 53.9 Å². The van der Waals surface area contributed by atoms with E-state index in [1.54, 1.807) is 12.5 Å². The summed E-state index contributed by atoms with van der Waals surface area (Å²) in [5.41, 5.74) is 1.15. The minimum Gasteiger partial charge on any atom is -0.469 e. The van der Waals surface area contributed by atoms with Gasteiger partial charge in [-0.25, -0.2) is 0 Å². The molecule has 0 unspecified atom stereocenters. The summed E-state index contributed by atoms with van der Waals surface area (Å²) in [6.07, 6.45) is 6.00. The van der Waals surface area contributed by atoms with E-state index < -0.39 is 0 Å². The SMILES string of the molecule is C=CCNC(=NCCc1ccco1)N(C)Cc1ccoc1C.I. The van der Waals surface area contributed by atoms with Gasteiger partial charge in [-0.05, 0) is 25.1 Å². The van der Waals surface area contributed by atoms with E-state index in [2.05, 4.69) is 21.8 Å². The molecule has 2 heterocycles. The van der Waals surface area contributed by atoms with Crippen molar-refractivity contribution >= 4 is 29.9 Å². The van der Waals surface area contributed by atoms with Crippen molar-refractivity contribution < 1.29 is 8.83 Å². The Hall–Kier alpha value is -1.70. The number of nitrogens with zero attached hydrogens (tertiary/aromatic N) is 2. The van der Waals surface area contributed by atoms with Crippen LogP contribution < -0.4 is 5.32 Å². The van der Waals surface area contributed by atoms with Crippen LogP contribution >= 0.6 is 24.0 Å². The molecule has 0 aromatic carbocycles. The minimum absolute atomic E-state index is 0. The highest BCUT2D eigenvalue weighted by atomic mass is 127. The molecule has 0 fully saturated rings. The Morgan fingerprint density at radius 2 is 2.17 bits per heavy atom. The van der Waals surface area contributed by atoms with Crippen molar-refractivity contribution in [3.05, 3.63) is 60.5 Å². The molecule has 5 nitrogen and oxygen atoms in total. The van der Waals surface area contributed by atoms with Gasteiger partial charge in [0, 0.05) is 38.7 Å². The van der Waals surface area contributed by atoms with Crippen LogP contribution in [0.3, 0.4) is 0 Å². The fourth-order valence-electron chi connectivity index (χ4n) is 2.11. The van der Waals surface area contributed by atoms with E-state index in [0.717, 1.165) is 36.0 Å². The van der Waals surface area contributed by atoms with Gasteiger partial charge in [0.25, 0.3) is 0 Å². The standard InChI is InChI=1S/C17H23N3O2.HI/c1-4-9-18-17(19-10-7-16-6-5-11-22-16)20(3)13-15-8-12-21-14(15)2;/h4-6,8,11-12H,1,7,9-10,13H2,2-3H3,(H,18,19);1H. The molecule has 1 N–H and O–H groups in total. The summed E-state index contributed by atoms with van der Waals surface area (Å²) in [6, 6.07) is 5.84. The highest BCUT2D eigenvalue weighted by Crippen LogP contribution is 2.11. The van der Waals surface area contributed by atoms with Crippen LogP contribution in [-0.4, -0.2) is 31.0 Å². The second-order valence-corrected chi connectivity index (χ2v) is 5.06. The molecule has 126 valence electrons. The third-order valence-electron chi connectivity index (χ3n) is 3.34. The third kappa shape index (κ3) is 6.13. The van der Waals surface area contributed by atoms with Crippen LogP contribution in [0, 0.1) is 6.92 Å². The van der Waals surface area contributed by atoms with E-state index in [9.17, 15) is 0 Å². The fraction of sp³-hybridized carbons (Fsp3) is 0.353. The predicted octanol–water partition coefficient (Wildman–Crippen LogP) is 3.61. The molecule has 0 bridgehead atoms. The molecule has 0 spiro atoms. The van der Waals surface area contributed by atoms with E-state index in [4.69, 9.17) is 8.83 Å².